The minimum atomic E-state index is -3.52. The van der Waals surface area contributed by atoms with Crippen LogP contribution in [0.25, 0.3) is 10.2 Å². The van der Waals surface area contributed by atoms with E-state index in [1.165, 1.54) is 4.31 Å². The number of hydrogen-bond acceptors (Lipinski definition) is 9. The molecule has 13 heteroatoms. The maximum Gasteiger partial charge on any atom is 0.282 e. The van der Waals surface area contributed by atoms with E-state index >= 15 is 0 Å². The van der Waals surface area contributed by atoms with Gasteiger partial charge in [0.1, 0.15) is 10.6 Å². The molecule has 3 aromatic rings. The van der Waals surface area contributed by atoms with Gasteiger partial charge in [-0.1, -0.05) is 0 Å². The summed E-state index contributed by atoms with van der Waals surface area (Å²) in [6.07, 6.45) is 3.12. The lowest BCUT2D eigenvalue weighted by Gasteiger charge is -2.43. The van der Waals surface area contributed by atoms with Crippen LogP contribution in [0.5, 0.6) is 0 Å². The number of aromatic amines is 1. The normalized spacial score (nSPS) is 25.8. The second kappa shape index (κ2) is 8.16. The average Bonchev–Trinajstić information content (AvgIpc) is 3.46. The van der Waals surface area contributed by atoms with Gasteiger partial charge in [0.05, 0.1) is 17.4 Å². The Morgan fingerprint density at radius 1 is 1.24 bits per heavy atom. The predicted octanol–water partition coefficient (Wildman–Crippen LogP) is 2.57. The second-order valence-electron chi connectivity index (χ2n) is 9.27. The summed E-state index contributed by atoms with van der Waals surface area (Å²) in [5, 5.41) is 25.9. The fraction of sp³-hybridized carbons (Fsp3) is 0.524. The molecule has 3 aliphatic heterocycles. The Morgan fingerprint density at radius 2 is 2.00 bits per heavy atom. The highest BCUT2D eigenvalue weighted by molar-refractivity contribution is 7.86. The molecule has 0 aliphatic carbocycles. The molecule has 0 spiro atoms. The van der Waals surface area contributed by atoms with Gasteiger partial charge < -0.3 is 10.6 Å². The van der Waals surface area contributed by atoms with Crippen LogP contribution in [0.15, 0.2) is 17.5 Å². The Balaban J connectivity index is 1.19. The van der Waals surface area contributed by atoms with E-state index in [0.29, 0.717) is 43.5 Å². The molecule has 11 nitrogen and oxygen atoms in total. The van der Waals surface area contributed by atoms with Gasteiger partial charge in [-0.2, -0.15) is 32.4 Å². The maximum atomic E-state index is 13.2. The van der Waals surface area contributed by atoms with Crippen molar-refractivity contribution in [2.24, 2.45) is 5.92 Å². The standard InChI is InChI=1S/C21H25N9O2S2/c1-12-6-18(28-27-12)24-19-17-4-5-33-20(17)26-21(25-19)23-14-7-15-2-3-16(8-14)30(15)34(31,32)29-10-13(9-22)11-29/h4-6,13-16H,2-3,7-8,10-11H2,1H3,(H3,23,24,25,26,27,28). The van der Waals surface area contributed by atoms with E-state index in [-0.39, 0.29) is 24.0 Å². The lowest BCUT2D eigenvalue weighted by Crippen LogP contribution is -2.59. The van der Waals surface area contributed by atoms with Crippen LogP contribution in [0.3, 0.4) is 0 Å². The van der Waals surface area contributed by atoms with Crippen molar-refractivity contribution in [3.8, 4) is 6.07 Å². The Bertz CT molecular complexity index is 1360. The van der Waals surface area contributed by atoms with Crippen LogP contribution in [0.1, 0.15) is 31.4 Å². The zero-order valence-electron chi connectivity index (χ0n) is 18.6. The third-order valence-electron chi connectivity index (χ3n) is 6.90. The van der Waals surface area contributed by atoms with E-state index in [9.17, 15) is 8.42 Å². The number of fused-ring (bicyclic) bond motifs is 3. The summed E-state index contributed by atoms with van der Waals surface area (Å²) in [5.74, 6) is 1.72. The van der Waals surface area contributed by atoms with Crippen molar-refractivity contribution in [3.05, 3.63) is 23.2 Å². The fourth-order valence-electron chi connectivity index (χ4n) is 5.27. The topological polar surface area (TPSA) is 143 Å². The molecule has 3 saturated heterocycles. The smallest absolute Gasteiger partial charge is 0.282 e. The summed E-state index contributed by atoms with van der Waals surface area (Å²) in [4.78, 5) is 10.3. The Morgan fingerprint density at radius 3 is 2.68 bits per heavy atom. The first-order valence-electron chi connectivity index (χ1n) is 11.4. The number of nitriles is 1. The molecule has 2 unspecified atom stereocenters. The number of aryl methyl sites for hydroxylation is 1. The van der Waals surface area contributed by atoms with E-state index in [0.717, 1.165) is 28.8 Å². The van der Waals surface area contributed by atoms with Crippen LogP contribution < -0.4 is 10.6 Å². The zero-order chi connectivity index (χ0) is 23.4. The minimum absolute atomic E-state index is 0.0440. The Hall–Kier alpha value is -2.79. The van der Waals surface area contributed by atoms with Crippen molar-refractivity contribution in [3.63, 3.8) is 0 Å². The molecule has 34 heavy (non-hydrogen) atoms. The Kier molecular flexibility index (Phi) is 5.21. The first kappa shape index (κ1) is 21.7. The van der Waals surface area contributed by atoms with Crippen LogP contribution in [0, 0.1) is 24.2 Å². The monoisotopic (exact) mass is 499 g/mol. The molecule has 0 aromatic carbocycles. The summed E-state index contributed by atoms with van der Waals surface area (Å²) >= 11 is 1.55. The fourth-order valence-corrected chi connectivity index (χ4v) is 8.17. The second-order valence-corrected chi connectivity index (χ2v) is 12.0. The van der Waals surface area contributed by atoms with Crippen molar-refractivity contribution < 1.29 is 8.42 Å². The highest BCUT2D eigenvalue weighted by Crippen LogP contribution is 2.41. The summed E-state index contributed by atoms with van der Waals surface area (Å²) < 4.78 is 29.5. The van der Waals surface area contributed by atoms with Crippen molar-refractivity contribution in [2.75, 3.05) is 23.7 Å². The third kappa shape index (κ3) is 3.70. The zero-order valence-corrected chi connectivity index (χ0v) is 20.2. The molecule has 6 rings (SSSR count). The van der Waals surface area contributed by atoms with Gasteiger partial charge >= 0.3 is 0 Å². The number of nitrogens with one attached hydrogen (secondary N) is 3. The molecular weight excluding hydrogens is 474 g/mol. The lowest BCUT2D eigenvalue weighted by molar-refractivity contribution is 0.182. The average molecular weight is 500 g/mol. The third-order valence-corrected chi connectivity index (χ3v) is 9.79. The molecule has 3 fully saturated rings. The van der Waals surface area contributed by atoms with Gasteiger partial charge in [0.25, 0.3) is 10.2 Å². The van der Waals surface area contributed by atoms with Gasteiger partial charge in [-0.15, -0.1) is 11.3 Å². The highest BCUT2D eigenvalue weighted by Gasteiger charge is 2.51. The number of H-pyrrole nitrogens is 1. The van der Waals surface area contributed by atoms with Crippen LogP contribution in [-0.4, -0.2) is 68.4 Å². The van der Waals surface area contributed by atoms with Crippen LogP contribution >= 0.6 is 11.3 Å². The summed E-state index contributed by atoms with van der Waals surface area (Å²) in [5.41, 5.74) is 0.954. The van der Waals surface area contributed by atoms with Crippen molar-refractivity contribution >= 4 is 49.3 Å². The van der Waals surface area contributed by atoms with Crippen molar-refractivity contribution in [1.82, 2.24) is 28.8 Å². The highest BCUT2D eigenvalue weighted by atomic mass is 32.2. The minimum Gasteiger partial charge on any atom is -0.351 e. The van der Waals surface area contributed by atoms with Crippen molar-refractivity contribution in [2.45, 2.75) is 50.7 Å². The van der Waals surface area contributed by atoms with E-state index in [1.54, 1.807) is 15.6 Å². The molecule has 2 bridgehead atoms. The van der Waals surface area contributed by atoms with Gasteiger partial charge in [-0.05, 0) is 44.1 Å². The quantitative estimate of drug-likeness (QED) is 0.470. The molecule has 0 saturated carbocycles. The molecule has 0 radical (unpaired) electrons. The van der Waals surface area contributed by atoms with E-state index < -0.39 is 10.2 Å². The Labute approximate surface area is 201 Å². The van der Waals surface area contributed by atoms with Crippen LogP contribution in [-0.2, 0) is 10.2 Å². The van der Waals surface area contributed by atoms with Gasteiger partial charge in [0, 0.05) is 43.0 Å². The van der Waals surface area contributed by atoms with Crippen LogP contribution in [0.4, 0.5) is 17.6 Å². The number of anilines is 3. The van der Waals surface area contributed by atoms with Gasteiger partial charge in [-0.25, -0.2) is 4.98 Å². The number of piperidine rings is 1. The summed E-state index contributed by atoms with van der Waals surface area (Å²) in [6.45, 7) is 2.54. The first-order chi connectivity index (χ1) is 16.4. The maximum absolute atomic E-state index is 13.2. The van der Waals surface area contributed by atoms with E-state index in [1.807, 2.05) is 24.4 Å². The van der Waals surface area contributed by atoms with Crippen molar-refractivity contribution in [1.29, 1.82) is 5.26 Å². The molecule has 0 amide bonds. The molecule has 3 N–H and O–H groups in total. The first-order valence-corrected chi connectivity index (χ1v) is 13.7. The summed E-state index contributed by atoms with van der Waals surface area (Å²) in [6, 6.07) is 6.05. The van der Waals surface area contributed by atoms with Crippen LogP contribution in [0.2, 0.25) is 0 Å². The SMILES string of the molecule is Cc1cc(Nc2nc(NC3CC4CCC(C3)N4S(=O)(=O)N3CC(C#N)C3)nc3sccc23)n[nH]1. The molecule has 178 valence electrons. The van der Waals surface area contributed by atoms with E-state index in [4.69, 9.17) is 15.2 Å². The molecule has 2 atom stereocenters. The lowest BCUT2D eigenvalue weighted by atomic mass is 10.00. The number of nitrogens with zero attached hydrogens (tertiary/aromatic N) is 6. The summed E-state index contributed by atoms with van der Waals surface area (Å²) in [7, 11) is -3.52. The van der Waals surface area contributed by atoms with E-state index in [2.05, 4.69) is 26.9 Å². The molecular formula is C21H25N9O2S2. The number of rotatable bonds is 6. The number of hydrogen-bond donors (Lipinski definition) is 3. The number of thiophene rings is 1. The molecule has 6 heterocycles. The predicted molar refractivity (Wildman–Crippen MR) is 129 cm³/mol. The molecule has 3 aliphatic rings. The van der Waals surface area contributed by atoms with Gasteiger partial charge in [0.15, 0.2) is 5.82 Å². The van der Waals surface area contributed by atoms with Gasteiger partial charge in [0.2, 0.25) is 5.95 Å². The van der Waals surface area contributed by atoms with Gasteiger partial charge in [-0.3, -0.25) is 5.10 Å². The largest absolute Gasteiger partial charge is 0.351 e. The molecule has 3 aromatic heterocycles. The number of aromatic nitrogens is 4.